The average molecular weight is 835 g/mol. The van der Waals surface area contributed by atoms with Crippen molar-refractivity contribution in [3.8, 4) is 0 Å². The molecule has 0 aromatic heterocycles. The van der Waals surface area contributed by atoms with Gasteiger partial charge in [-0.2, -0.15) is 0 Å². The zero-order valence-corrected chi connectivity index (χ0v) is 40.1. The molecule has 0 aliphatic carbocycles. The molecule has 0 amide bonds. The van der Waals surface area contributed by atoms with Crippen LogP contribution in [0.1, 0.15) is 303 Å². The van der Waals surface area contributed by atoms with Crippen molar-refractivity contribution in [2.24, 2.45) is 0 Å². The average Bonchev–Trinajstić information content (AvgIpc) is 3.23. The fourth-order valence-electron chi connectivity index (χ4n) is 8.09. The number of rotatable bonds is 49. The monoisotopic (exact) mass is 835 g/mol. The largest absolute Gasteiger partial charge is 0.462 e. The van der Waals surface area contributed by atoms with E-state index in [0.717, 1.165) is 57.8 Å². The maximum Gasteiger partial charge on any atom is 0.306 e. The standard InChI is InChI=1S/C53H102O6/c1-4-7-10-13-16-19-22-24-26-27-28-30-32-35-37-40-43-46-52(55)58-49-50(59-53(56)47-44-41-38-33-21-18-15-12-9-6-3)48-57-51(54)45-42-39-36-34-31-29-25-23-20-17-14-11-8-5-2/h50H,4-49H2,1-3H3/t50-/m0/s1. The van der Waals surface area contributed by atoms with Crippen molar-refractivity contribution >= 4 is 17.9 Å². The van der Waals surface area contributed by atoms with Gasteiger partial charge in [0.25, 0.3) is 0 Å². The van der Waals surface area contributed by atoms with E-state index in [9.17, 15) is 14.4 Å². The minimum Gasteiger partial charge on any atom is -0.462 e. The summed E-state index contributed by atoms with van der Waals surface area (Å²) in [5.41, 5.74) is 0. The summed E-state index contributed by atoms with van der Waals surface area (Å²) in [6, 6.07) is 0. The molecule has 0 spiro atoms. The summed E-state index contributed by atoms with van der Waals surface area (Å²) in [6.45, 7) is 6.68. The van der Waals surface area contributed by atoms with Gasteiger partial charge in [-0.3, -0.25) is 14.4 Å². The van der Waals surface area contributed by atoms with Gasteiger partial charge in [0.15, 0.2) is 6.10 Å². The Kier molecular flexibility index (Phi) is 47.7. The molecule has 0 aliphatic rings. The van der Waals surface area contributed by atoms with Crippen molar-refractivity contribution in [3.63, 3.8) is 0 Å². The van der Waals surface area contributed by atoms with Gasteiger partial charge in [0.1, 0.15) is 13.2 Å². The van der Waals surface area contributed by atoms with E-state index in [1.54, 1.807) is 0 Å². The zero-order chi connectivity index (χ0) is 43.0. The quantitative estimate of drug-likeness (QED) is 0.0345. The highest BCUT2D eigenvalue weighted by Crippen LogP contribution is 2.17. The van der Waals surface area contributed by atoms with Gasteiger partial charge in [0.05, 0.1) is 0 Å². The van der Waals surface area contributed by atoms with Gasteiger partial charge in [-0.05, 0) is 19.3 Å². The predicted molar refractivity (Wildman–Crippen MR) is 252 cm³/mol. The van der Waals surface area contributed by atoms with Crippen molar-refractivity contribution in [1.29, 1.82) is 0 Å². The molecule has 0 saturated heterocycles. The van der Waals surface area contributed by atoms with Crippen LogP contribution in [0.4, 0.5) is 0 Å². The van der Waals surface area contributed by atoms with Crippen LogP contribution in [0.3, 0.4) is 0 Å². The maximum atomic E-state index is 12.7. The van der Waals surface area contributed by atoms with E-state index >= 15 is 0 Å². The van der Waals surface area contributed by atoms with E-state index in [-0.39, 0.29) is 31.1 Å². The van der Waals surface area contributed by atoms with E-state index in [1.807, 2.05) is 0 Å². The van der Waals surface area contributed by atoms with Crippen LogP contribution in [0.5, 0.6) is 0 Å². The molecule has 0 radical (unpaired) electrons. The molecule has 0 heterocycles. The normalized spacial score (nSPS) is 11.8. The molecular weight excluding hydrogens is 733 g/mol. The lowest BCUT2D eigenvalue weighted by Crippen LogP contribution is -2.30. The third-order valence-corrected chi connectivity index (χ3v) is 12.1. The van der Waals surface area contributed by atoms with E-state index in [1.165, 1.54) is 205 Å². The van der Waals surface area contributed by atoms with Gasteiger partial charge < -0.3 is 14.2 Å². The molecule has 0 rings (SSSR count). The molecule has 0 aromatic rings. The summed E-state index contributed by atoms with van der Waals surface area (Å²) in [5, 5.41) is 0. The van der Waals surface area contributed by atoms with Crippen molar-refractivity contribution in [2.75, 3.05) is 13.2 Å². The van der Waals surface area contributed by atoms with E-state index in [4.69, 9.17) is 14.2 Å². The van der Waals surface area contributed by atoms with Crippen molar-refractivity contribution < 1.29 is 28.6 Å². The summed E-state index contributed by atoms with van der Waals surface area (Å²) in [6.07, 6.45) is 52.3. The number of unbranched alkanes of at least 4 members (excludes halogenated alkanes) is 38. The SMILES string of the molecule is CCCCCCCCCCCCCCCCCCCC(=O)OC[C@H](COC(=O)CCCCCCCCCCCCCCCC)OC(=O)CCCCCCCCCCCC. The molecule has 1 atom stereocenters. The summed E-state index contributed by atoms with van der Waals surface area (Å²) in [4.78, 5) is 37.9. The Morgan fingerprint density at radius 1 is 0.271 bits per heavy atom. The first kappa shape index (κ1) is 57.4. The van der Waals surface area contributed by atoms with Crippen LogP contribution < -0.4 is 0 Å². The molecule has 0 saturated carbocycles. The molecule has 0 aliphatic heterocycles. The zero-order valence-electron chi connectivity index (χ0n) is 40.1. The van der Waals surface area contributed by atoms with Crippen LogP contribution in [-0.4, -0.2) is 37.2 Å². The second-order valence-corrected chi connectivity index (χ2v) is 18.2. The van der Waals surface area contributed by atoms with Crippen LogP contribution in [0.15, 0.2) is 0 Å². The van der Waals surface area contributed by atoms with E-state index in [2.05, 4.69) is 20.8 Å². The fourth-order valence-corrected chi connectivity index (χ4v) is 8.09. The lowest BCUT2D eigenvalue weighted by atomic mass is 10.0. The molecule has 350 valence electrons. The Morgan fingerprint density at radius 3 is 0.678 bits per heavy atom. The first-order valence-corrected chi connectivity index (χ1v) is 26.5. The Hall–Kier alpha value is -1.59. The third kappa shape index (κ3) is 47.3. The second-order valence-electron chi connectivity index (χ2n) is 18.2. The molecular formula is C53H102O6. The molecule has 0 aromatic carbocycles. The molecule has 0 fully saturated rings. The Bertz CT molecular complexity index is 874. The van der Waals surface area contributed by atoms with E-state index in [0.29, 0.717) is 19.3 Å². The third-order valence-electron chi connectivity index (χ3n) is 12.1. The van der Waals surface area contributed by atoms with Crippen molar-refractivity contribution in [1.82, 2.24) is 0 Å². The Labute approximate surface area is 368 Å². The maximum absolute atomic E-state index is 12.7. The van der Waals surface area contributed by atoms with Crippen LogP contribution >= 0.6 is 0 Å². The first-order chi connectivity index (χ1) is 29.0. The number of ether oxygens (including phenoxy) is 3. The van der Waals surface area contributed by atoms with Crippen LogP contribution in [0.2, 0.25) is 0 Å². The molecule has 6 heteroatoms. The summed E-state index contributed by atoms with van der Waals surface area (Å²) < 4.78 is 16.8. The fraction of sp³-hybridized carbons (Fsp3) is 0.943. The molecule has 6 nitrogen and oxygen atoms in total. The number of esters is 3. The predicted octanol–water partition coefficient (Wildman–Crippen LogP) is 17.2. The van der Waals surface area contributed by atoms with Gasteiger partial charge in [-0.1, -0.05) is 265 Å². The minimum atomic E-state index is -0.759. The summed E-state index contributed by atoms with van der Waals surface area (Å²) >= 11 is 0. The lowest BCUT2D eigenvalue weighted by molar-refractivity contribution is -0.167. The highest BCUT2D eigenvalue weighted by Gasteiger charge is 2.19. The Balaban J connectivity index is 4.24. The van der Waals surface area contributed by atoms with Crippen LogP contribution in [0, 0.1) is 0 Å². The highest BCUT2D eigenvalue weighted by atomic mass is 16.6. The Morgan fingerprint density at radius 2 is 0.458 bits per heavy atom. The van der Waals surface area contributed by atoms with Gasteiger partial charge in [-0.25, -0.2) is 0 Å². The number of hydrogen-bond donors (Lipinski definition) is 0. The van der Waals surface area contributed by atoms with Gasteiger partial charge in [-0.15, -0.1) is 0 Å². The topological polar surface area (TPSA) is 78.9 Å². The number of carbonyl (C=O) groups excluding carboxylic acids is 3. The molecule has 0 unspecified atom stereocenters. The lowest BCUT2D eigenvalue weighted by Gasteiger charge is -2.18. The molecule has 59 heavy (non-hydrogen) atoms. The first-order valence-electron chi connectivity index (χ1n) is 26.5. The molecule has 0 N–H and O–H groups in total. The molecule has 0 bridgehead atoms. The van der Waals surface area contributed by atoms with Gasteiger partial charge in [0.2, 0.25) is 0 Å². The second kappa shape index (κ2) is 49.1. The highest BCUT2D eigenvalue weighted by molar-refractivity contribution is 5.71. The van der Waals surface area contributed by atoms with Crippen LogP contribution in [0.25, 0.3) is 0 Å². The van der Waals surface area contributed by atoms with Gasteiger partial charge in [0, 0.05) is 19.3 Å². The van der Waals surface area contributed by atoms with E-state index < -0.39 is 6.10 Å². The minimum absolute atomic E-state index is 0.0618. The number of carbonyl (C=O) groups is 3. The van der Waals surface area contributed by atoms with Crippen molar-refractivity contribution in [3.05, 3.63) is 0 Å². The summed E-state index contributed by atoms with van der Waals surface area (Å²) in [7, 11) is 0. The van der Waals surface area contributed by atoms with Gasteiger partial charge >= 0.3 is 17.9 Å². The smallest absolute Gasteiger partial charge is 0.306 e. The van der Waals surface area contributed by atoms with Crippen molar-refractivity contribution in [2.45, 2.75) is 309 Å². The number of hydrogen-bond acceptors (Lipinski definition) is 6. The van der Waals surface area contributed by atoms with Crippen LogP contribution in [-0.2, 0) is 28.6 Å². The summed E-state index contributed by atoms with van der Waals surface area (Å²) in [5.74, 6) is -0.841.